The molecule has 0 spiro atoms. The van der Waals surface area contributed by atoms with Gasteiger partial charge in [0.2, 0.25) is 0 Å². The van der Waals surface area contributed by atoms with Gasteiger partial charge in [-0.05, 0) is 0 Å². The van der Waals surface area contributed by atoms with Gasteiger partial charge in [0.1, 0.15) is 0 Å². The molecule has 50 valence electrons. The lowest BCUT2D eigenvalue weighted by Gasteiger charge is -1.70. The monoisotopic (exact) mass is 122 g/mol. The molecule has 0 bridgehead atoms. The van der Waals surface area contributed by atoms with Gasteiger partial charge in [-0.1, -0.05) is 0 Å². The summed E-state index contributed by atoms with van der Waals surface area (Å²) in [6.45, 7) is -0.250. The van der Waals surface area contributed by atoms with Crippen molar-refractivity contribution in [2.45, 2.75) is 0 Å². The predicted octanol–water partition coefficient (Wildman–Crippen LogP) is -0.571. The Morgan fingerprint density at radius 3 is 0.857 bits per heavy atom. The zero-order chi connectivity index (χ0) is 3.41. The number of rotatable bonds is 1. The van der Waals surface area contributed by atoms with E-state index >= 15 is 0 Å². The van der Waals surface area contributed by atoms with Crippen molar-refractivity contribution in [3.8, 4) is 0 Å². The Kier molecular flexibility index (Phi) is 184. The normalized spacial score (nSPS) is 4.29. The summed E-state index contributed by atoms with van der Waals surface area (Å²) in [5.41, 5.74) is 0. The molecule has 0 aliphatic rings. The lowest BCUT2D eigenvalue weighted by Crippen LogP contribution is -1.85. The lowest BCUT2D eigenvalue weighted by molar-refractivity contribution is 0.186. The fourth-order valence-corrected chi connectivity index (χ4v) is 0. The SMILES string of the molecule is F.F.F.OCCO. The minimum Gasteiger partial charge on any atom is -0.394 e. The van der Waals surface area contributed by atoms with Crippen LogP contribution in [0.2, 0.25) is 0 Å². The summed E-state index contributed by atoms with van der Waals surface area (Å²) in [6.07, 6.45) is 0. The van der Waals surface area contributed by atoms with Gasteiger partial charge in [0.15, 0.2) is 0 Å². The van der Waals surface area contributed by atoms with E-state index in [-0.39, 0.29) is 27.3 Å². The second kappa shape index (κ2) is 43.3. The highest BCUT2D eigenvalue weighted by molar-refractivity contribution is 4.06. The van der Waals surface area contributed by atoms with Crippen LogP contribution in [-0.4, -0.2) is 23.4 Å². The van der Waals surface area contributed by atoms with Crippen LogP contribution >= 0.6 is 0 Å². The summed E-state index contributed by atoms with van der Waals surface area (Å²) < 4.78 is 0. The van der Waals surface area contributed by atoms with Crippen LogP contribution in [0.15, 0.2) is 0 Å². The van der Waals surface area contributed by atoms with Gasteiger partial charge in [-0.3, -0.25) is 14.1 Å². The molecule has 0 aromatic carbocycles. The Bertz CT molecular complexity index is 12.9. The summed E-state index contributed by atoms with van der Waals surface area (Å²) in [4.78, 5) is 0. The highest BCUT2D eigenvalue weighted by atomic mass is 19.0. The van der Waals surface area contributed by atoms with Crippen molar-refractivity contribution in [1.82, 2.24) is 0 Å². The first-order chi connectivity index (χ1) is 1.91. The molecular formula is C2H9F3O2. The van der Waals surface area contributed by atoms with Gasteiger partial charge in [-0.25, -0.2) is 0 Å². The van der Waals surface area contributed by atoms with Crippen LogP contribution in [-0.2, 0) is 0 Å². The van der Waals surface area contributed by atoms with Crippen LogP contribution in [0.5, 0.6) is 0 Å². The second-order valence-corrected chi connectivity index (χ2v) is 0.447. The zero-order valence-corrected chi connectivity index (χ0v) is 3.53. The van der Waals surface area contributed by atoms with E-state index in [1.54, 1.807) is 0 Å². The summed E-state index contributed by atoms with van der Waals surface area (Å²) in [6, 6.07) is 0. The van der Waals surface area contributed by atoms with Crippen molar-refractivity contribution >= 4 is 0 Å². The summed E-state index contributed by atoms with van der Waals surface area (Å²) in [5, 5.41) is 15.2. The molecule has 0 aromatic rings. The van der Waals surface area contributed by atoms with Crippen molar-refractivity contribution in [1.29, 1.82) is 0 Å². The van der Waals surface area contributed by atoms with E-state index in [9.17, 15) is 0 Å². The van der Waals surface area contributed by atoms with Crippen LogP contribution in [0.25, 0.3) is 0 Å². The van der Waals surface area contributed by atoms with Crippen LogP contribution in [0.4, 0.5) is 14.1 Å². The molecule has 0 radical (unpaired) electrons. The third-order valence-corrected chi connectivity index (χ3v) is 0.1000. The molecule has 0 unspecified atom stereocenters. The van der Waals surface area contributed by atoms with E-state index in [1.807, 2.05) is 0 Å². The number of aliphatic hydroxyl groups is 2. The summed E-state index contributed by atoms with van der Waals surface area (Å²) in [5.74, 6) is 0. The molecule has 0 heterocycles. The molecule has 0 fully saturated rings. The molecular weight excluding hydrogens is 113 g/mol. The molecule has 2 N–H and O–H groups in total. The fourth-order valence-electron chi connectivity index (χ4n) is 0. The van der Waals surface area contributed by atoms with Crippen LogP contribution in [0.1, 0.15) is 0 Å². The lowest BCUT2D eigenvalue weighted by atomic mass is 10.8. The smallest absolute Gasteiger partial charge is 0.0662 e. The Balaban J connectivity index is -0.0000000150. The highest BCUT2D eigenvalue weighted by Crippen LogP contribution is 1.39. The van der Waals surface area contributed by atoms with Gasteiger partial charge in [0.25, 0.3) is 0 Å². The van der Waals surface area contributed by atoms with Crippen LogP contribution < -0.4 is 0 Å². The van der Waals surface area contributed by atoms with E-state index in [1.165, 1.54) is 0 Å². The first-order valence-corrected chi connectivity index (χ1v) is 1.13. The van der Waals surface area contributed by atoms with Crippen molar-refractivity contribution in [3.05, 3.63) is 0 Å². The number of halogens is 3. The Morgan fingerprint density at radius 1 is 0.714 bits per heavy atom. The molecule has 2 nitrogen and oxygen atoms in total. The summed E-state index contributed by atoms with van der Waals surface area (Å²) >= 11 is 0. The molecule has 0 saturated carbocycles. The van der Waals surface area contributed by atoms with E-state index in [2.05, 4.69) is 0 Å². The molecule has 0 amide bonds. The van der Waals surface area contributed by atoms with Gasteiger partial charge < -0.3 is 10.2 Å². The fraction of sp³-hybridized carbons (Fsp3) is 1.00. The highest BCUT2D eigenvalue weighted by Gasteiger charge is 1.58. The van der Waals surface area contributed by atoms with Gasteiger partial charge in [-0.15, -0.1) is 0 Å². The average molecular weight is 122 g/mol. The van der Waals surface area contributed by atoms with Gasteiger partial charge >= 0.3 is 0 Å². The molecule has 5 heteroatoms. The molecule has 0 aliphatic carbocycles. The van der Waals surface area contributed by atoms with Crippen molar-refractivity contribution in [3.63, 3.8) is 0 Å². The Morgan fingerprint density at radius 2 is 0.857 bits per heavy atom. The molecule has 7 heavy (non-hydrogen) atoms. The van der Waals surface area contributed by atoms with Gasteiger partial charge in [0, 0.05) is 0 Å². The third-order valence-electron chi connectivity index (χ3n) is 0.1000. The van der Waals surface area contributed by atoms with Crippen LogP contribution in [0, 0.1) is 0 Å². The third kappa shape index (κ3) is 156. The van der Waals surface area contributed by atoms with Crippen molar-refractivity contribution in [2.24, 2.45) is 0 Å². The van der Waals surface area contributed by atoms with E-state index in [4.69, 9.17) is 10.2 Å². The molecule has 0 atom stereocenters. The first kappa shape index (κ1) is 29.8. The van der Waals surface area contributed by atoms with Gasteiger partial charge in [0.05, 0.1) is 13.2 Å². The second-order valence-electron chi connectivity index (χ2n) is 0.447. The zero-order valence-electron chi connectivity index (χ0n) is 3.53. The predicted molar refractivity (Wildman–Crippen MR) is 21.7 cm³/mol. The molecule has 0 aromatic heterocycles. The Labute approximate surface area is 38.9 Å². The van der Waals surface area contributed by atoms with Crippen molar-refractivity contribution < 1.29 is 24.3 Å². The van der Waals surface area contributed by atoms with Gasteiger partial charge in [-0.2, -0.15) is 0 Å². The topological polar surface area (TPSA) is 40.5 Å². The largest absolute Gasteiger partial charge is 0.394 e. The maximum atomic E-state index is 7.62. The van der Waals surface area contributed by atoms with E-state index in [0.29, 0.717) is 0 Å². The molecule has 0 saturated heterocycles. The van der Waals surface area contributed by atoms with Crippen molar-refractivity contribution in [2.75, 3.05) is 13.2 Å². The number of hydrogen-bond acceptors (Lipinski definition) is 2. The number of aliphatic hydroxyl groups excluding tert-OH is 2. The Hall–Kier alpha value is -0.290. The summed E-state index contributed by atoms with van der Waals surface area (Å²) in [7, 11) is 0. The molecule has 0 rings (SSSR count). The quantitative estimate of drug-likeness (QED) is 0.489. The number of hydrogen-bond donors (Lipinski definition) is 2. The minimum atomic E-state index is -0.125. The molecule has 0 aliphatic heterocycles. The maximum absolute atomic E-state index is 7.62. The standard InChI is InChI=1S/C2H6O2.3FH/c3-1-2-4;;;/h3-4H,1-2H2;3*1H. The minimum absolute atomic E-state index is 0. The maximum Gasteiger partial charge on any atom is 0.0662 e. The van der Waals surface area contributed by atoms with Crippen LogP contribution in [0.3, 0.4) is 0 Å². The first-order valence-electron chi connectivity index (χ1n) is 1.13. The van der Waals surface area contributed by atoms with E-state index in [0.717, 1.165) is 0 Å². The average Bonchev–Trinajstić information content (AvgIpc) is 1.37. The van der Waals surface area contributed by atoms with E-state index < -0.39 is 0 Å².